The van der Waals surface area contributed by atoms with E-state index in [9.17, 15) is 14.7 Å². The van der Waals surface area contributed by atoms with Gasteiger partial charge in [-0.3, -0.25) is 4.79 Å². The van der Waals surface area contributed by atoms with Gasteiger partial charge >= 0.3 is 0 Å². The molecule has 0 bridgehead atoms. The Morgan fingerprint density at radius 2 is 2.17 bits per heavy atom. The lowest BCUT2D eigenvalue weighted by molar-refractivity contribution is -0.312. The summed E-state index contributed by atoms with van der Waals surface area (Å²) in [6.07, 6.45) is 3.35. The van der Waals surface area contributed by atoms with Crippen LogP contribution in [-0.2, 0) is 9.59 Å². The molecule has 0 saturated carbocycles. The minimum Gasteiger partial charge on any atom is -0.550 e. The lowest BCUT2D eigenvalue weighted by Crippen LogP contribution is -2.32. The summed E-state index contributed by atoms with van der Waals surface area (Å²) in [5, 5.41) is 13.4. The van der Waals surface area contributed by atoms with Crippen molar-refractivity contribution in [2.24, 2.45) is 5.92 Å². The molecule has 0 saturated heterocycles. The van der Waals surface area contributed by atoms with Gasteiger partial charge in [0.1, 0.15) is 5.82 Å². The topological polar surface area (TPSA) is 82.1 Å². The number of pyridine rings is 1. The maximum Gasteiger partial charge on any atom is 0.225 e. The number of nitrogens with one attached hydrogen (secondary N) is 1. The van der Waals surface area contributed by atoms with Crippen LogP contribution in [0, 0.1) is 5.92 Å². The zero-order valence-electron chi connectivity index (χ0n) is 10.4. The van der Waals surface area contributed by atoms with Crippen molar-refractivity contribution < 1.29 is 14.7 Å². The van der Waals surface area contributed by atoms with Gasteiger partial charge in [-0.05, 0) is 30.9 Å². The maximum atomic E-state index is 11.6. The average Bonchev–Trinajstić information content (AvgIpc) is 2.35. The summed E-state index contributed by atoms with van der Waals surface area (Å²) in [6.45, 7) is 1.91. The molecule has 98 valence electrons. The Bertz CT molecular complexity index is 392. The zero-order chi connectivity index (χ0) is 13.4. The zero-order valence-corrected chi connectivity index (χ0v) is 10.4. The van der Waals surface area contributed by atoms with E-state index < -0.39 is 11.9 Å². The third-order valence-electron chi connectivity index (χ3n) is 2.62. The largest absolute Gasteiger partial charge is 0.550 e. The molecule has 1 rings (SSSR count). The molecule has 5 nitrogen and oxygen atoms in total. The van der Waals surface area contributed by atoms with Gasteiger partial charge in [0.05, 0.1) is 0 Å². The molecule has 1 aromatic rings. The summed E-state index contributed by atoms with van der Waals surface area (Å²) in [5.41, 5.74) is 0. The summed E-state index contributed by atoms with van der Waals surface area (Å²) in [6, 6.07) is 5.20. The van der Waals surface area contributed by atoms with Crippen molar-refractivity contribution >= 4 is 17.7 Å². The summed E-state index contributed by atoms with van der Waals surface area (Å²) in [7, 11) is 0. The first-order valence-corrected chi connectivity index (χ1v) is 6.05. The molecule has 0 aliphatic heterocycles. The Morgan fingerprint density at radius 3 is 2.72 bits per heavy atom. The van der Waals surface area contributed by atoms with Gasteiger partial charge in [0, 0.05) is 18.6 Å². The third-order valence-corrected chi connectivity index (χ3v) is 2.62. The van der Waals surface area contributed by atoms with E-state index in [-0.39, 0.29) is 12.3 Å². The fourth-order valence-electron chi connectivity index (χ4n) is 1.68. The van der Waals surface area contributed by atoms with E-state index in [4.69, 9.17) is 0 Å². The number of anilines is 1. The second kappa shape index (κ2) is 7.42. The summed E-state index contributed by atoms with van der Waals surface area (Å²) in [4.78, 5) is 26.3. The highest BCUT2D eigenvalue weighted by molar-refractivity contribution is 5.89. The van der Waals surface area contributed by atoms with E-state index in [0.29, 0.717) is 18.7 Å². The van der Waals surface area contributed by atoms with Crippen molar-refractivity contribution in [1.29, 1.82) is 0 Å². The number of rotatable bonds is 7. The number of carboxylic acids is 1. The van der Waals surface area contributed by atoms with Crippen molar-refractivity contribution in [2.45, 2.75) is 32.6 Å². The highest BCUT2D eigenvalue weighted by Gasteiger charge is 2.11. The Labute approximate surface area is 106 Å². The van der Waals surface area contributed by atoms with Crippen LogP contribution in [0.5, 0.6) is 0 Å². The van der Waals surface area contributed by atoms with E-state index in [1.807, 2.05) is 6.92 Å². The molecule has 0 aliphatic rings. The van der Waals surface area contributed by atoms with E-state index in [1.54, 1.807) is 24.4 Å². The maximum absolute atomic E-state index is 11.6. The molecular formula is C13H17N2O3-. The van der Waals surface area contributed by atoms with E-state index in [1.165, 1.54) is 0 Å². The monoisotopic (exact) mass is 249 g/mol. The standard InChI is InChI=1S/C13H18N2O3/c1-2-5-10(13(17)18)7-8-12(16)15-11-6-3-4-9-14-11/h3-4,6,9-10H,2,5,7-8H2,1H3,(H,17,18)(H,14,15,16)/p-1/t10-/m1/s1. The molecule has 0 aromatic carbocycles. The molecule has 0 spiro atoms. The van der Waals surface area contributed by atoms with Crippen LogP contribution in [0.15, 0.2) is 24.4 Å². The number of carbonyl (C=O) groups is 2. The normalized spacial score (nSPS) is 11.8. The summed E-state index contributed by atoms with van der Waals surface area (Å²) in [5.74, 6) is -1.38. The number of carboxylic acid groups (broad SMARTS) is 1. The lowest BCUT2D eigenvalue weighted by atomic mass is 9.98. The molecule has 0 radical (unpaired) electrons. The Hall–Kier alpha value is -1.91. The lowest BCUT2D eigenvalue weighted by Gasteiger charge is -2.16. The highest BCUT2D eigenvalue weighted by Crippen LogP contribution is 2.13. The number of nitrogens with zero attached hydrogens (tertiary/aromatic N) is 1. The highest BCUT2D eigenvalue weighted by atomic mass is 16.4. The van der Waals surface area contributed by atoms with Gasteiger partial charge in [-0.1, -0.05) is 19.4 Å². The van der Waals surface area contributed by atoms with Crippen LogP contribution in [0.25, 0.3) is 0 Å². The van der Waals surface area contributed by atoms with E-state index in [2.05, 4.69) is 10.3 Å². The smallest absolute Gasteiger partial charge is 0.225 e. The predicted molar refractivity (Wildman–Crippen MR) is 65.5 cm³/mol. The Balaban J connectivity index is 2.38. The van der Waals surface area contributed by atoms with E-state index in [0.717, 1.165) is 6.42 Å². The molecule has 0 fully saturated rings. The molecule has 0 unspecified atom stereocenters. The van der Waals surface area contributed by atoms with Gasteiger partial charge in [0.15, 0.2) is 0 Å². The molecular weight excluding hydrogens is 232 g/mol. The molecule has 18 heavy (non-hydrogen) atoms. The number of amides is 1. The minimum absolute atomic E-state index is 0.162. The second-order valence-electron chi connectivity index (χ2n) is 4.11. The van der Waals surface area contributed by atoms with Gasteiger partial charge in [-0.15, -0.1) is 0 Å². The first-order chi connectivity index (χ1) is 8.63. The number of aromatic nitrogens is 1. The quantitative estimate of drug-likeness (QED) is 0.780. The number of hydrogen-bond donors (Lipinski definition) is 1. The molecule has 0 aliphatic carbocycles. The second-order valence-corrected chi connectivity index (χ2v) is 4.11. The SMILES string of the molecule is CCC[C@H](CCC(=O)Nc1ccccn1)C(=O)[O-]. The molecule has 1 N–H and O–H groups in total. The minimum atomic E-state index is -1.08. The Morgan fingerprint density at radius 1 is 1.39 bits per heavy atom. The van der Waals surface area contributed by atoms with Crippen LogP contribution in [0.4, 0.5) is 5.82 Å². The molecule has 1 aromatic heterocycles. The molecule has 5 heteroatoms. The molecule has 1 amide bonds. The van der Waals surface area contributed by atoms with Crippen molar-refractivity contribution in [1.82, 2.24) is 4.98 Å². The van der Waals surface area contributed by atoms with Crippen LogP contribution in [-0.4, -0.2) is 16.9 Å². The molecule has 1 heterocycles. The summed E-state index contributed by atoms with van der Waals surface area (Å²) < 4.78 is 0. The number of hydrogen-bond acceptors (Lipinski definition) is 4. The van der Waals surface area contributed by atoms with Gasteiger partial charge in [0.2, 0.25) is 5.91 Å². The first kappa shape index (κ1) is 14.2. The van der Waals surface area contributed by atoms with Crippen molar-refractivity contribution in [2.75, 3.05) is 5.32 Å². The van der Waals surface area contributed by atoms with Gasteiger partial charge in [-0.25, -0.2) is 4.98 Å². The van der Waals surface area contributed by atoms with Crippen LogP contribution >= 0.6 is 0 Å². The van der Waals surface area contributed by atoms with E-state index >= 15 is 0 Å². The Kier molecular flexibility index (Phi) is 5.84. The van der Waals surface area contributed by atoms with Crippen LogP contribution < -0.4 is 10.4 Å². The predicted octanol–water partition coefficient (Wildman–Crippen LogP) is 0.966. The fraction of sp³-hybridized carbons (Fsp3) is 0.462. The first-order valence-electron chi connectivity index (χ1n) is 6.05. The van der Waals surface area contributed by atoms with Gasteiger partial charge in [-0.2, -0.15) is 0 Å². The number of aliphatic carboxylic acids is 1. The average molecular weight is 249 g/mol. The van der Waals surface area contributed by atoms with Crippen LogP contribution in [0.2, 0.25) is 0 Å². The number of carbonyl (C=O) groups excluding carboxylic acids is 2. The fourth-order valence-corrected chi connectivity index (χ4v) is 1.68. The third kappa shape index (κ3) is 4.95. The van der Waals surface area contributed by atoms with Crippen LogP contribution in [0.3, 0.4) is 0 Å². The van der Waals surface area contributed by atoms with Crippen molar-refractivity contribution in [3.8, 4) is 0 Å². The summed E-state index contributed by atoms with van der Waals surface area (Å²) >= 11 is 0. The van der Waals surface area contributed by atoms with Crippen LogP contribution in [0.1, 0.15) is 32.6 Å². The van der Waals surface area contributed by atoms with Crippen molar-refractivity contribution in [3.63, 3.8) is 0 Å². The van der Waals surface area contributed by atoms with Gasteiger partial charge < -0.3 is 15.2 Å². The van der Waals surface area contributed by atoms with Gasteiger partial charge in [0.25, 0.3) is 0 Å². The van der Waals surface area contributed by atoms with Crippen molar-refractivity contribution in [3.05, 3.63) is 24.4 Å². The molecule has 1 atom stereocenters.